The van der Waals surface area contributed by atoms with Gasteiger partial charge in [0, 0.05) is 17.1 Å². The first-order valence-electron chi connectivity index (χ1n) is 13.8. The van der Waals surface area contributed by atoms with Gasteiger partial charge in [-0.3, -0.25) is 14.4 Å². The minimum atomic E-state index is -1.99. The number of unbranched alkanes of at least 4 members (excludes halogenated alkanes) is 2. The molecule has 10 nitrogen and oxygen atoms in total. The maximum absolute atomic E-state index is 12.3. The van der Waals surface area contributed by atoms with Crippen LogP contribution in [0.3, 0.4) is 0 Å². The molecule has 45 heavy (non-hydrogen) atoms. The van der Waals surface area contributed by atoms with Crippen molar-refractivity contribution in [3.63, 3.8) is 0 Å². The molecule has 3 atom stereocenters. The van der Waals surface area contributed by atoms with Crippen molar-refractivity contribution < 1.29 is 64.0 Å². The molecule has 0 aromatic heterocycles. The Morgan fingerprint density at radius 2 is 1.29 bits per heavy atom. The second-order valence-electron chi connectivity index (χ2n) is 11.8. The molecule has 0 radical (unpaired) electrons. The van der Waals surface area contributed by atoms with Crippen LogP contribution in [0.15, 0.2) is 24.3 Å². The van der Waals surface area contributed by atoms with E-state index in [2.05, 4.69) is 60.7 Å². The largest absolute Gasteiger partial charge is 0 e. The summed E-state index contributed by atoms with van der Waals surface area (Å²) >= 11 is 11.3. The molecule has 0 aliphatic carbocycles. The number of hydrogen-bond acceptors (Lipinski definition) is 7. The van der Waals surface area contributed by atoms with Gasteiger partial charge in [-0.05, 0) is 51.4 Å². The van der Waals surface area contributed by atoms with E-state index in [9.17, 15) is 14.4 Å². The van der Waals surface area contributed by atoms with Gasteiger partial charge in [-0.2, -0.15) is 0 Å². The number of carbonyl (C=O) groups is 3. The molecule has 0 unspecified atom stereocenters. The number of rotatable bonds is 16. The topological polar surface area (TPSA) is 148 Å². The predicted octanol–water partition coefficient (Wildman–Crippen LogP) is 6.84. The summed E-state index contributed by atoms with van der Waals surface area (Å²) in [6, 6.07) is 0. The Morgan fingerprint density at radius 1 is 0.822 bits per heavy atom. The summed E-state index contributed by atoms with van der Waals surface area (Å²) in [5.74, 6) is -2.74. The van der Waals surface area contributed by atoms with Crippen LogP contribution in [0.1, 0.15) is 74.1 Å². The smallest absolute Gasteiger partial charge is 0 e. The van der Waals surface area contributed by atoms with E-state index in [1.54, 1.807) is 32.9 Å². The van der Waals surface area contributed by atoms with E-state index >= 15 is 0 Å². The van der Waals surface area contributed by atoms with Crippen LogP contribution in [0.4, 0.5) is 0 Å². The molecule has 14 heteroatoms. The summed E-state index contributed by atoms with van der Waals surface area (Å²) in [4.78, 5) is 36.3. The van der Waals surface area contributed by atoms with Crippen LogP contribution in [-0.2, 0) is 64.0 Å². The number of ether oxygens (including phenoxy) is 3. The fraction of sp³-hybridized carbons (Fsp3) is 0.677. The first-order valence-corrected chi connectivity index (χ1v) is 17.8. The quantitative estimate of drug-likeness (QED) is 0.0246. The zero-order valence-electron chi connectivity index (χ0n) is 27.7. The molecular formula is C31H48Cl2FeO10Si. The SMILES string of the molecule is CCCCC[C@H](/C=C/C=C/[C@@H](OC(=O)CCl)[C@@H](COC(=O)C(C)(C)C)OC(=O)CCl)O[Si](C)(C)C(C)(C)C.[C-]#[O+].[C-]#[O+].[C-]#[O+].[Fe]. The fourth-order valence-electron chi connectivity index (χ4n) is 2.90. The van der Waals surface area contributed by atoms with Crippen molar-refractivity contribution in [3.8, 4) is 0 Å². The van der Waals surface area contributed by atoms with E-state index in [1.807, 2.05) is 12.2 Å². The standard InChI is InChI=1S/C28H48Cl2O7Si.3CO.Fe/c1-10-11-12-15-21(37-38(8,9)28(5,6)7)16-13-14-17-22(35-24(31)18-29)23(36-25(32)19-30)20-34-26(33)27(2,3)4;3*1-2;/h13-14,16-17,21-23H,10-12,15,18-20H2,1-9H3;;;;/b16-13+,17-14+;;;;/t21-,22-,23-;;;;/m1..../s1. The summed E-state index contributed by atoms with van der Waals surface area (Å²) < 4.78 is 45.2. The van der Waals surface area contributed by atoms with Gasteiger partial charge in [0.15, 0.2) is 20.5 Å². The number of allylic oxidation sites excluding steroid dienone is 2. The van der Waals surface area contributed by atoms with E-state index < -0.39 is 55.6 Å². The maximum Gasteiger partial charge on any atom is 0 e. The summed E-state index contributed by atoms with van der Waals surface area (Å²) in [7, 11) is -1.99. The molecule has 0 heterocycles. The van der Waals surface area contributed by atoms with Crippen LogP contribution >= 0.6 is 23.2 Å². The van der Waals surface area contributed by atoms with Gasteiger partial charge in [-0.1, -0.05) is 65.2 Å². The molecule has 0 aromatic carbocycles. The monoisotopic (exact) mass is 734 g/mol. The van der Waals surface area contributed by atoms with E-state index in [-0.39, 0.29) is 34.8 Å². The van der Waals surface area contributed by atoms with Crippen molar-refractivity contribution in [2.45, 2.75) is 111 Å². The number of esters is 3. The first kappa shape index (κ1) is 52.9. The van der Waals surface area contributed by atoms with E-state index in [0.29, 0.717) is 0 Å². The van der Waals surface area contributed by atoms with E-state index in [1.165, 1.54) is 0 Å². The molecule has 0 saturated heterocycles. The van der Waals surface area contributed by atoms with Crippen LogP contribution in [-0.4, -0.2) is 62.9 Å². The van der Waals surface area contributed by atoms with Crippen LogP contribution < -0.4 is 0 Å². The molecule has 0 fully saturated rings. The van der Waals surface area contributed by atoms with Crippen molar-refractivity contribution in [1.29, 1.82) is 0 Å². The van der Waals surface area contributed by atoms with Gasteiger partial charge in [0.2, 0.25) is 0 Å². The Morgan fingerprint density at radius 3 is 1.71 bits per heavy atom. The Bertz CT molecular complexity index is 921. The normalized spacial score (nSPS) is 13.1. The van der Waals surface area contributed by atoms with Gasteiger partial charge in [-0.25, -0.2) is 0 Å². The molecule has 0 aromatic rings. The minimum Gasteiger partial charge on any atom is 0 e. The Kier molecular flexibility index (Phi) is 35.0. The molecule has 0 rings (SSSR count). The summed E-state index contributed by atoms with van der Waals surface area (Å²) in [6.45, 7) is 31.5. The van der Waals surface area contributed by atoms with Crippen LogP contribution in [0.25, 0.3) is 0 Å². The van der Waals surface area contributed by atoms with E-state index in [0.717, 1.165) is 25.7 Å². The van der Waals surface area contributed by atoms with Gasteiger partial charge in [0.25, 0.3) is 0 Å². The molecular weight excluding hydrogens is 687 g/mol. The average molecular weight is 736 g/mol. The molecule has 0 aliphatic rings. The third-order valence-corrected chi connectivity index (χ3v) is 11.1. The molecule has 0 bridgehead atoms. The summed E-state index contributed by atoms with van der Waals surface area (Å²) in [5.41, 5.74) is -0.765. The van der Waals surface area contributed by atoms with Crippen molar-refractivity contribution >= 4 is 49.4 Å². The zero-order valence-corrected chi connectivity index (χ0v) is 31.3. The third-order valence-electron chi connectivity index (χ3n) is 6.21. The Balaban J connectivity index is -0.000000714. The van der Waals surface area contributed by atoms with Gasteiger partial charge in [0.1, 0.15) is 18.4 Å². The number of carbonyl (C=O) groups excluding carboxylic acids is 3. The average Bonchev–Trinajstić information content (AvgIpc) is 2.98. The molecule has 0 aliphatic heterocycles. The van der Waals surface area contributed by atoms with E-state index in [4.69, 9.17) is 55.8 Å². The van der Waals surface area contributed by atoms with Gasteiger partial charge < -0.3 is 18.6 Å². The van der Waals surface area contributed by atoms with Crippen LogP contribution in [0.2, 0.25) is 18.1 Å². The molecule has 0 amide bonds. The van der Waals surface area contributed by atoms with Gasteiger partial charge in [0.05, 0.1) is 11.5 Å². The minimum absolute atomic E-state index is 0. The predicted molar refractivity (Wildman–Crippen MR) is 168 cm³/mol. The second-order valence-corrected chi connectivity index (χ2v) is 17.1. The van der Waals surface area contributed by atoms with Crippen molar-refractivity contribution in [1.82, 2.24) is 0 Å². The number of halogens is 2. The van der Waals surface area contributed by atoms with Crippen molar-refractivity contribution in [2.75, 3.05) is 18.4 Å². The fourth-order valence-corrected chi connectivity index (χ4v) is 4.33. The molecule has 258 valence electrons. The Labute approximate surface area is 291 Å². The maximum atomic E-state index is 12.3. The zero-order chi connectivity index (χ0) is 35.6. The van der Waals surface area contributed by atoms with Gasteiger partial charge in [-0.15, -0.1) is 23.2 Å². The molecule has 0 N–H and O–H groups in total. The van der Waals surface area contributed by atoms with Crippen LogP contribution in [0, 0.1) is 25.4 Å². The molecule has 0 saturated carbocycles. The third kappa shape index (κ3) is 26.2. The Hall–Kier alpha value is -1.61. The first-order chi connectivity index (χ1) is 20.5. The summed E-state index contributed by atoms with van der Waals surface area (Å²) in [6.07, 6.45) is 9.05. The van der Waals surface area contributed by atoms with Crippen molar-refractivity contribution in [2.24, 2.45) is 5.41 Å². The summed E-state index contributed by atoms with van der Waals surface area (Å²) in [5, 5.41) is 0.0740. The number of hydrogen-bond donors (Lipinski definition) is 0. The second kappa shape index (κ2) is 29.8. The van der Waals surface area contributed by atoms with Gasteiger partial charge >= 0.3 is 51.8 Å². The number of alkyl halides is 2. The van der Waals surface area contributed by atoms with Crippen molar-refractivity contribution in [3.05, 3.63) is 44.3 Å². The molecule has 0 spiro atoms. The van der Waals surface area contributed by atoms with Crippen LogP contribution in [0.5, 0.6) is 0 Å².